The van der Waals surface area contributed by atoms with Gasteiger partial charge < -0.3 is 4.98 Å². The molecule has 0 unspecified atom stereocenters. The Balaban J connectivity index is 1.96. The first-order valence-electron chi connectivity index (χ1n) is 8.21. The van der Waals surface area contributed by atoms with E-state index in [1.54, 1.807) is 10.7 Å². The van der Waals surface area contributed by atoms with Crippen LogP contribution in [0, 0.1) is 0 Å². The van der Waals surface area contributed by atoms with Crippen LogP contribution in [-0.2, 0) is 6.42 Å². The van der Waals surface area contributed by atoms with Gasteiger partial charge in [0.25, 0.3) is 5.56 Å². The molecule has 6 heteroatoms. The Hall–Kier alpha value is -2.50. The van der Waals surface area contributed by atoms with Crippen molar-refractivity contribution in [2.24, 2.45) is 0 Å². The molecule has 3 heterocycles. The van der Waals surface area contributed by atoms with E-state index in [1.165, 1.54) is 12.8 Å². The second kappa shape index (κ2) is 5.61. The number of nitrogens with zero attached hydrogens (tertiary/aromatic N) is 4. The fourth-order valence-corrected chi connectivity index (χ4v) is 3.41. The number of aryl methyl sites for hydroxylation is 1. The van der Waals surface area contributed by atoms with Gasteiger partial charge in [-0.1, -0.05) is 25.8 Å². The highest BCUT2D eigenvalue weighted by Crippen LogP contribution is 2.33. The highest BCUT2D eigenvalue weighted by atomic mass is 16.1. The van der Waals surface area contributed by atoms with Crippen LogP contribution in [0.1, 0.15) is 50.0 Å². The molecule has 0 spiro atoms. The van der Waals surface area contributed by atoms with Crippen molar-refractivity contribution in [2.75, 3.05) is 0 Å². The van der Waals surface area contributed by atoms with Gasteiger partial charge in [-0.25, -0.2) is 9.50 Å². The molecule has 0 aliphatic heterocycles. The quantitative estimate of drug-likeness (QED) is 0.807. The average Bonchev–Trinajstić information content (AvgIpc) is 3.22. The average molecular weight is 309 g/mol. The molecule has 6 nitrogen and oxygen atoms in total. The fraction of sp³-hybridized carbons (Fsp3) is 0.412. The second-order valence-corrected chi connectivity index (χ2v) is 6.03. The van der Waals surface area contributed by atoms with Gasteiger partial charge in [-0.15, -0.1) is 5.10 Å². The van der Waals surface area contributed by atoms with Gasteiger partial charge in [0.2, 0.25) is 0 Å². The van der Waals surface area contributed by atoms with Gasteiger partial charge in [0, 0.05) is 12.1 Å². The molecule has 1 aliphatic rings. The third kappa shape index (κ3) is 2.34. The third-order valence-electron chi connectivity index (χ3n) is 4.56. The minimum absolute atomic E-state index is 0.144. The lowest BCUT2D eigenvalue weighted by Crippen LogP contribution is -2.16. The molecule has 1 aliphatic carbocycles. The number of aromatic amines is 1. The van der Waals surface area contributed by atoms with Crippen molar-refractivity contribution in [1.82, 2.24) is 24.6 Å². The molecule has 1 saturated carbocycles. The van der Waals surface area contributed by atoms with E-state index >= 15 is 0 Å². The number of hydrogen-bond acceptors (Lipinski definition) is 4. The summed E-state index contributed by atoms with van der Waals surface area (Å²) in [4.78, 5) is 24.5. The minimum Gasteiger partial charge on any atom is -0.302 e. The van der Waals surface area contributed by atoms with Crippen LogP contribution in [0.3, 0.4) is 0 Å². The number of imidazole rings is 1. The summed E-state index contributed by atoms with van der Waals surface area (Å²) in [6, 6.07) is 5.57. The van der Waals surface area contributed by atoms with Crippen LogP contribution in [0.4, 0.5) is 0 Å². The molecule has 0 aromatic carbocycles. The van der Waals surface area contributed by atoms with Crippen molar-refractivity contribution < 1.29 is 0 Å². The summed E-state index contributed by atoms with van der Waals surface area (Å²) in [6.45, 7) is 2.02. The summed E-state index contributed by atoms with van der Waals surface area (Å²) in [5.41, 5.74) is 1.92. The largest absolute Gasteiger partial charge is 0.302 e. The van der Waals surface area contributed by atoms with Crippen molar-refractivity contribution >= 4 is 5.52 Å². The predicted molar refractivity (Wildman–Crippen MR) is 87.4 cm³/mol. The molecule has 23 heavy (non-hydrogen) atoms. The maximum atomic E-state index is 12.6. The van der Waals surface area contributed by atoms with E-state index in [-0.39, 0.29) is 5.56 Å². The molecule has 1 fully saturated rings. The van der Waals surface area contributed by atoms with E-state index in [0.29, 0.717) is 23.0 Å². The van der Waals surface area contributed by atoms with Gasteiger partial charge >= 0.3 is 0 Å². The van der Waals surface area contributed by atoms with Crippen LogP contribution in [-0.4, -0.2) is 24.6 Å². The van der Waals surface area contributed by atoms with Gasteiger partial charge in [-0.05, 0) is 31.4 Å². The van der Waals surface area contributed by atoms with Gasteiger partial charge in [0.1, 0.15) is 11.5 Å². The van der Waals surface area contributed by atoms with Crippen LogP contribution in [0.25, 0.3) is 17.0 Å². The van der Waals surface area contributed by atoms with Gasteiger partial charge in [0.05, 0.1) is 5.69 Å². The maximum absolute atomic E-state index is 12.6. The molecule has 0 radical (unpaired) electrons. The number of nitrogens with one attached hydrogen (secondary N) is 1. The third-order valence-corrected chi connectivity index (χ3v) is 4.56. The standard InChI is InChI=1S/C17H19N5O/c1-2-12-14-17(23)20-15(13-9-5-6-10-18-13)21-22(14)16(19-12)11-7-3-4-8-11/h5-6,9-11H,2-4,7-8H2,1H3,(H,20,21,23). The molecule has 4 rings (SSSR count). The summed E-state index contributed by atoms with van der Waals surface area (Å²) in [7, 11) is 0. The molecule has 0 bridgehead atoms. The number of pyridine rings is 1. The summed E-state index contributed by atoms with van der Waals surface area (Å²) in [5.74, 6) is 1.81. The number of fused-ring (bicyclic) bond motifs is 1. The summed E-state index contributed by atoms with van der Waals surface area (Å²) in [6.07, 6.45) is 7.10. The van der Waals surface area contributed by atoms with Gasteiger partial charge in [0.15, 0.2) is 11.3 Å². The van der Waals surface area contributed by atoms with Gasteiger partial charge in [-0.3, -0.25) is 9.78 Å². The molecule has 3 aromatic rings. The Morgan fingerprint density at radius 2 is 2.13 bits per heavy atom. The smallest absolute Gasteiger partial charge is 0.277 e. The van der Waals surface area contributed by atoms with E-state index in [1.807, 2.05) is 25.1 Å². The van der Waals surface area contributed by atoms with E-state index in [2.05, 4.69) is 15.1 Å². The Kier molecular flexibility index (Phi) is 3.44. The molecule has 3 aromatic heterocycles. The van der Waals surface area contributed by atoms with Crippen molar-refractivity contribution in [1.29, 1.82) is 0 Å². The topological polar surface area (TPSA) is 75.9 Å². The Labute approximate surface area is 133 Å². The first kappa shape index (κ1) is 14.1. The van der Waals surface area contributed by atoms with Crippen LogP contribution < -0.4 is 5.56 Å². The first-order chi connectivity index (χ1) is 11.3. The van der Waals surface area contributed by atoms with Crippen molar-refractivity contribution in [3.63, 3.8) is 0 Å². The van der Waals surface area contributed by atoms with E-state index < -0.39 is 0 Å². The number of aromatic nitrogens is 5. The molecule has 1 N–H and O–H groups in total. The Morgan fingerprint density at radius 3 is 2.83 bits per heavy atom. The summed E-state index contributed by atoms with van der Waals surface area (Å²) < 4.78 is 1.76. The minimum atomic E-state index is -0.144. The number of H-pyrrole nitrogens is 1. The van der Waals surface area contributed by atoms with Crippen molar-refractivity contribution in [3.8, 4) is 11.5 Å². The molecule has 0 atom stereocenters. The lowest BCUT2D eigenvalue weighted by Gasteiger charge is -2.07. The lowest BCUT2D eigenvalue weighted by molar-refractivity contribution is 0.639. The first-order valence-corrected chi connectivity index (χ1v) is 8.21. The SMILES string of the molecule is CCc1nc(C2CCCC2)n2nc(-c3ccccn3)[nH]c(=O)c12. The second-order valence-electron chi connectivity index (χ2n) is 6.03. The molecule has 118 valence electrons. The lowest BCUT2D eigenvalue weighted by atomic mass is 10.1. The normalized spacial score (nSPS) is 15.5. The summed E-state index contributed by atoms with van der Waals surface area (Å²) >= 11 is 0. The van der Waals surface area contributed by atoms with Crippen LogP contribution in [0.5, 0.6) is 0 Å². The molecular weight excluding hydrogens is 290 g/mol. The summed E-state index contributed by atoms with van der Waals surface area (Å²) in [5, 5.41) is 4.66. The van der Waals surface area contributed by atoms with E-state index in [0.717, 1.165) is 30.8 Å². The van der Waals surface area contributed by atoms with E-state index in [9.17, 15) is 4.79 Å². The number of rotatable bonds is 3. The predicted octanol–water partition coefficient (Wildman–Crippen LogP) is 2.70. The van der Waals surface area contributed by atoms with Gasteiger partial charge in [-0.2, -0.15) is 0 Å². The monoisotopic (exact) mass is 309 g/mol. The highest BCUT2D eigenvalue weighted by Gasteiger charge is 2.25. The molecular formula is C17H19N5O. The zero-order chi connectivity index (χ0) is 15.8. The highest BCUT2D eigenvalue weighted by molar-refractivity contribution is 5.55. The zero-order valence-corrected chi connectivity index (χ0v) is 13.1. The fourth-order valence-electron chi connectivity index (χ4n) is 3.41. The van der Waals surface area contributed by atoms with E-state index in [4.69, 9.17) is 4.98 Å². The van der Waals surface area contributed by atoms with Crippen LogP contribution in [0.2, 0.25) is 0 Å². The maximum Gasteiger partial charge on any atom is 0.277 e. The molecule has 0 amide bonds. The zero-order valence-electron chi connectivity index (χ0n) is 13.1. The van der Waals surface area contributed by atoms with Crippen molar-refractivity contribution in [2.45, 2.75) is 44.9 Å². The Morgan fingerprint density at radius 1 is 1.30 bits per heavy atom. The van der Waals surface area contributed by atoms with Crippen LogP contribution in [0.15, 0.2) is 29.2 Å². The number of hydrogen-bond donors (Lipinski definition) is 1. The molecule has 0 saturated heterocycles. The van der Waals surface area contributed by atoms with Crippen molar-refractivity contribution in [3.05, 3.63) is 46.3 Å². The Bertz CT molecular complexity index is 890. The van der Waals surface area contributed by atoms with Crippen LogP contribution >= 0.6 is 0 Å².